The van der Waals surface area contributed by atoms with Crippen LogP contribution in [0, 0.1) is 0 Å². The van der Waals surface area contributed by atoms with E-state index in [-0.39, 0.29) is 10.6 Å². The van der Waals surface area contributed by atoms with Crippen LogP contribution >= 0.6 is 0 Å². The van der Waals surface area contributed by atoms with E-state index < -0.39 is 33.6 Å². The Morgan fingerprint density at radius 3 is 1.95 bits per heavy atom. The standard InChI is InChI=1S/C12H15N5O4S/c1-7(18)11(8(2)19)16-15-9-3-5-10(6-4-9)22(20,21)17-12(13)14/h3-6,11H,1-2H3,(H4,13,14,17). The highest BCUT2D eigenvalue weighted by Gasteiger charge is 2.18. The topological polar surface area (TPSA) is 157 Å². The number of hydrogen-bond donors (Lipinski definition) is 2. The Labute approximate surface area is 127 Å². The van der Waals surface area contributed by atoms with Crippen LogP contribution in [-0.2, 0) is 19.6 Å². The van der Waals surface area contributed by atoms with Gasteiger partial charge in [-0.1, -0.05) is 0 Å². The first-order valence-corrected chi connectivity index (χ1v) is 7.45. The molecule has 0 aliphatic rings. The first-order valence-electron chi connectivity index (χ1n) is 6.01. The lowest BCUT2D eigenvalue weighted by atomic mass is 10.1. The maximum absolute atomic E-state index is 11.7. The molecular formula is C12H15N5O4S. The minimum Gasteiger partial charge on any atom is -0.369 e. The van der Waals surface area contributed by atoms with E-state index in [0.29, 0.717) is 0 Å². The molecule has 1 rings (SSSR count). The molecule has 0 amide bonds. The summed E-state index contributed by atoms with van der Waals surface area (Å²) in [7, 11) is -3.98. The van der Waals surface area contributed by atoms with Crippen molar-refractivity contribution in [3.63, 3.8) is 0 Å². The average Bonchev–Trinajstić information content (AvgIpc) is 2.37. The Morgan fingerprint density at radius 2 is 1.55 bits per heavy atom. The molecule has 0 bridgehead atoms. The lowest BCUT2D eigenvalue weighted by Gasteiger charge is -2.02. The van der Waals surface area contributed by atoms with Crippen molar-refractivity contribution in [3.8, 4) is 0 Å². The van der Waals surface area contributed by atoms with Crippen molar-refractivity contribution < 1.29 is 18.0 Å². The van der Waals surface area contributed by atoms with E-state index >= 15 is 0 Å². The summed E-state index contributed by atoms with van der Waals surface area (Å²) >= 11 is 0. The number of nitrogens with two attached hydrogens (primary N) is 2. The minimum absolute atomic E-state index is 0.130. The monoisotopic (exact) mass is 325 g/mol. The molecule has 0 radical (unpaired) electrons. The lowest BCUT2D eigenvalue weighted by molar-refractivity contribution is -0.126. The highest BCUT2D eigenvalue weighted by molar-refractivity contribution is 7.90. The van der Waals surface area contributed by atoms with E-state index in [1.807, 2.05) is 0 Å². The molecule has 0 heterocycles. The van der Waals surface area contributed by atoms with Crippen molar-refractivity contribution in [3.05, 3.63) is 24.3 Å². The second kappa shape index (κ2) is 6.89. The Balaban J connectivity index is 3.02. The number of azo groups is 1. The van der Waals surface area contributed by atoms with Gasteiger partial charge in [-0.15, -0.1) is 4.40 Å². The largest absolute Gasteiger partial charge is 0.369 e. The van der Waals surface area contributed by atoms with Gasteiger partial charge in [0.1, 0.15) is 0 Å². The fraction of sp³-hybridized carbons (Fsp3) is 0.250. The van der Waals surface area contributed by atoms with E-state index in [0.717, 1.165) is 0 Å². The number of guanidine groups is 1. The predicted octanol–water partition coefficient (Wildman–Crippen LogP) is 0.279. The minimum atomic E-state index is -3.98. The van der Waals surface area contributed by atoms with Gasteiger partial charge in [0.2, 0.25) is 5.96 Å². The molecular weight excluding hydrogens is 310 g/mol. The van der Waals surface area contributed by atoms with Crippen LogP contribution in [-0.4, -0.2) is 32.0 Å². The molecule has 0 unspecified atom stereocenters. The van der Waals surface area contributed by atoms with Crippen molar-refractivity contribution in [2.24, 2.45) is 26.1 Å². The van der Waals surface area contributed by atoms with E-state index in [4.69, 9.17) is 11.5 Å². The molecule has 118 valence electrons. The van der Waals surface area contributed by atoms with Crippen molar-refractivity contribution >= 4 is 33.2 Å². The summed E-state index contributed by atoms with van der Waals surface area (Å²) in [6, 6.07) is 3.98. The molecule has 9 nitrogen and oxygen atoms in total. The third-order valence-corrected chi connectivity index (χ3v) is 3.74. The van der Waals surface area contributed by atoms with Gasteiger partial charge in [-0.2, -0.15) is 18.6 Å². The number of rotatable bonds is 6. The second-order valence-electron chi connectivity index (χ2n) is 4.32. The van der Waals surface area contributed by atoms with Crippen LogP contribution in [0.4, 0.5) is 5.69 Å². The lowest BCUT2D eigenvalue weighted by Crippen LogP contribution is -2.24. The number of ketones is 2. The summed E-state index contributed by atoms with van der Waals surface area (Å²) in [6.07, 6.45) is 0. The fourth-order valence-corrected chi connectivity index (χ4v) is 2.31. The molecule has 0 saturated heterocycles. The summed E-state index contributed by atoms with van der Waals surface area (Å²) in [5, 5.41) is 7.38. The third kappa shape index (κ3) is 4.74. The van der Waals surface area contributed by atoms with Gasteiger partial charge in [0, 0.05) is 0 Å². The second-order valence-corrected chi connectivity index (χ2v) is 5.93. The maximum Gasteiger partial charge on any atom is 0.285 e. The summed E-state index contributed by atoms with van der Waals surface area (Å²) in [4.78, 5) is 22.3. The zero-order valence-electron chi connectivity index (χ0n) is 11.9. The van der Waals surface area contributed by atoms with Crippen LogP contribution in [0.5, 0.6) is 0 Å². The summed E-state index contributed by atoms with van der Waals surface area (Å²) in [5.74, 6) is -1.43. The molecule has 0 aliphatic carbocycles. The Hall–Kier alpha value is -2.62. The Bertz CT molecular complexity index is 719. The van der Waals surface area contributed by atoms with Crippen LogP contribution in [0.2, 0.25) is 0 Å². The predicted molar refractivity (Wildman–Crippen MR) is 79.1 cm³/mol. The molecule has 1 aromatic rings. The number of carbonyl (C=O) groups is 2. The first kappa shape index (κ1) is 17.4. The maximum atomic E-state index is 11.7. The fourth-order valence-electron chi connectivity index (χ4n) is 1.45. The van der Waals surface area contributed by atoms with Gasteiger partial charge < -0.3 is 11.5 Å². The number of sulfonamides is 1. The molecule has 0 aromatic heterocycles. The van der Waals surface area contributed by atoms with Gasteiger partial charge in [0.05, 0.1) is 10.6 Å². The number of hydrogen-bond acceptors (Lipinski definition) is 6. The Kier molecular flexibility index (Phi) is 5.46. The SMILES string of the molecule is CC(=O)C(N=Nc1ccc(S(=O)(=O)N=C(N)N)cc1)C(C)=O. The molecule has 10 heteroatoms. The summed E-state index contributed by atoms with van der Waals surface area (Å²) < 4.78 is 26.5. The van der Waals surface area contributed by atoms with Crippen LogP contribution in [0.15, 0.2) is 43.8 Å². The first-order chi connectivity index (χ1) is 10.1. The molecule has 0 fully saturated rings. The highest BCUT2D eigenvalue weighted by atomic mass is 32.2. The van der Waals surface area contributed by atoms with Crippen molar-refractivity contribution in [2.75, 3.05) is 0 Å². The van der Waals surface area contributed by atoms with Gasteiger partial charge >= 0.3 is 0 Å². The molecule has 0 spiro atoms. The molecule has 0 saturated carbocycles. The number of benzene rings is 1. The summed E-state index contributed by atoms with van der Waals surface area (Å²) in [6.45, 7) is 2.46. The number of Topliss-reactive ketones (excluding diaryl/α,β-unsaturated/α-hetero) is 2. The van der Waals surface area contributed by atoms with E-state index in [1.165, 1.54) is 38.1 Å². The normalized spacial score (nSPS) is 11.6. The van der Waals surface area contributed by atoms with Gasteiger partial charge in [0.15, 0.2) is 17.6 Å². The van der Waals surface area contributed by atoms with Crippen LogP contribution in [0.25, 0.3) is 0 Å². The number of nitrogens with zero attached hydrogens (tertiary/aromatic N) is 3. The molecule has 4 N–H and O–H groups in total. The van der Waals surface area contributed by atoms with E-state index in [2.05, 4.69) is 14.6 Å². The van der Waals surface area contributed by atoms with Gasteiger partial charge in [-0.25, -0.2) is 0 Å². The van der Waals surface area contributed by atoms with Crippen molar-refractivity contribution in [1.82, 2.24) is 0 Å². The van der Waals surface area contributed by atoms with E-state index in [9.17, 15) is 18.0 Å². The van der Waals surface area contributed by atoms with Gasteiger partial charge in [-0.3, -0.25) is 9.59 Å². The van der Waals surface area contributed by atoms with Crippen molar-refractivity contribution in [1.29, 1.82) is 0 Å². The molecule has 0 aliphatic heterocycles. The number of carbonyl (C=O) groups excluding carboxylic acids is 2. The third-order valence-electron chi connectivity index (χ3n) is 2.42. The van der Waals surface area contributed by atoms with Crippen LogP contribution < -0.4 is 11.5 Å². The molecule has 1 aromatic carbocycles. The highest BCUT2D eigenvalue weighted by Crippen LogP contribution is 2.19. The summed E-state index contributed by atoms with van der Waals surface area (Å²) in [5.41, 5.74) is 10.3. The smallest absolute Gasteiger partial charge is 0.285 e. The average molecular weight is 325 g/mol. The van der Waals surface area contributed by atoms with E-state index in [1.54, 1.807) is 0 Å². The van der Waals surface area contributed by atoms with Crippen LogP contribution in [0.3, 0.4) is 0 Å². The van der Waals surface area contributed by atoms with Gasteiger partial charge in [0.25, 0.3) is 10.0 Å². The quantitative estimate of drug-likeness (QED) is 0.331. The molecule has 0 atom stereocenters. The van der Waals surface area contributed by atoms with Crippen LogP contribution in [0.1, 0.15) is 13.8 Å². The van der Waals surface area contributed by atoms with Gasteiger partial charge in [-0.05, 0) is 38.1 Å². The van der Waals surface area contributed by atoms with Crippen molar-refractivity contribution in [2.45, 2.75) is 24.8 Å². The molecule has 22 heavy (non-hydrogen) atoms. The zero-order chi connectivity index (χ0) is 16.9. The zero-order valence-corrected chi connectivity index (χ0v) is 12.7. The Morgan fingerprint density at radius 1 is 1.05 bits per heavy atom.